The fourth-order valence-corrected chi connectivity index (χ4v) is 3.71. The van der Waals surface area contributed by atoms with Gasteiger partial charge in [0, 0.05) is 32.5 Å². The van der Waals surface area contributed by atoms with Crippen LogP contribution in [0.1, 0.15) is 48.8 Å². The molecule has 3 rings (SSSR count). The van der Waals surface area contributed by atoms with Crippen molar-refractivity contribution in [3.8, 4) is 5.75 Å². The van der Waals surface area contributed by atoms with Crippen molar-refractivity contribution in [2.45, 2.75) is 45.6 Å². The number of nitrogens with zero attached hydrogens (tertiary/aromatic N) is 4. The molecule has 6 nitrogen and oxygen atoms in total. The second-order valence-corrected chi connectivity index (χ2v) is 6.91. The van der Waals surface area contributed by atoms with E-state index >= 15 is 0 Å². The van der Waals surface area contributed by atoms with Crippen molar-refractivity contribution in [3.05, 3.63) is 35.4 Å². The number of rotatable bonds is 4. The predicted molar refractivity (Wildman–Crippen MR) is 96.5 cm³/mol. The molecule has 136 valence electrons. The highest BCUT2D eigenvalue weighted by Gasteiger charge is 2.28. The third-order valence-electron chi connectivity index (χ3n) is 5.18. The fraction of sp³-hybridized carbons (Fsp3) is 0.579. The highest BCUT2D eigenvalue weighted by Crippen LogP contribution is 2.30. The molecule has 0 radical (unpaired) electrons. The van der Waals surface area contributed by atoms with Crippen LogP contribution in [-0.4, -0.2) is 38.3 Å². The lowest BCUT2D eigenvalue weighted by Crippen LogP contribution is -2.38. The lowest BCUT2D eigenvalue weighted by Gasteiger charge is -2.30. The van der Waals surface area contributed by atoms with Gasteiger partial charge in [0.1, 0.15) is 5.69 Å². The Morgan fingerprint density at radius 3 is 2.72 bits per heavy atom. The summed E-state index contributed by atoms with van der Waals surface area (Å²) in [5, 5.41) is 4.35. The van der Waals surface area contributed by atoms with Gasteiger partial charge in [-0.2, -0.15) is 5.10 Å². The quantitative estimate of drug-likeness (QED) is 0.857. The van der Waals surface area contributed by atoms with Crippen molar-refractivity contribution >= 4 is 5.91 Å². The van der Waals surface area contributed by atoms with Gasteiger partial charge in [-0.15, -0.1) is 0 Å². The predicted octanol–water partition coefficient (Wildman–Crippen LogP) is 2.90. The Morgan fingerprint density at radius 1 is 1.28 bits per heavy atom. The molecule has 1 aliphatic heterocycles. The van der Waals surface area contributed by atoms with Crippen LogP contribution in [0.15, 0.2) is 18.3 Å². The Morgan fingerprint density at radius 2 is 2.08 bits per heavy atom. The Labute approximate surface area is 149 Å². The molecule has 0 aliphatic carbocycles. The molecule has 1 atom stereocenters. The van der Waals surface area contributed by atoms with Gasteiger partial charge in [-0.3, -0.25) is 9.48 Å². The van der Waals surface area contributed by atoms with E-state index in [0.29, 0.717) is 0 Å². The molecular formula is C19H28N4O2. The number of aromatic nitrogens is 3. The number of carbonyl (C=O) groups is 1. The molecule has 1 amide bonds. The molecule has 3 heterocycles. The Bertz CT molecular complexity index is 747. The maximum Gasteiger partial charge on any atom is 0.261 e. The van der Waals surface area contributed by atoms with E-state index in [1.54, 1.807) is 4.68 Å². The van der Waals surface area contributed by atoms with Gasteiger partial charge >= 0.3 is 0 Å². The first-order chi connectivity index (χ1) is 12.0. The molecule has 6 heteroatoms. The summed E-state index contributed by atoms with van der Waals surface area (Å²) >= 11 is 0. The molecule has 2 aromatic rings. The summed E-state index contributed by atoms with van der Waals surface area (Å²) in [5.74, 6) is 0.775. The van der Waals surface area contributed by atoms with E-state index in [0.717, 1.165) is 42.9 Å². The summed E-state index contributed by atoms with van der Waals surface area (Å²) in [7, 11) is 3.93. The van der Waals surface area contributed by atoms with Crippen LogP contribution in [0, 0.1) is 13.8 Å². The van der Waals surface area contributed by atoms with Crippen molar-refractivity contribution in [1.29, 1.82) is 0 Å². The summed E-state index contributed by atoms with van der Waals surface area (Å²) in [6.45, 7) is 4.72. The number of hydrogen-bond acceptors (Lipinski definition) is 3. The molecule has 1 aliphatic rings. The van der Waals surface area contributed by atoms with Gasteiger partial charge in [-0.25, -0.2) is 0 Å². The van der Waals surface area contributed by atoms with Crippen molar-refractivity contribution < 1.29 is 9.53 Å². The van der Waals surface area contributed by atoms with Gasteiger partial charge in [0.2, 0.25) is 0 Å². The van der Waals surface area contributed by atoms with Crippen LogP contribution in [0.4, 0.5) is 0 Å². The highest BCUT2D eigenvalue weighted by atomic mass is 16.5. The molecule has 0 aromatic carbocycles. The molecule has 1 fully saturated rings. The number of hydrogen-bond donors (Lipinski definition) is 0. The van der Waals surface area contributed by atoms with E-state index in [1.165, 1.54) is 12.1 Å². The molecule has 0 spiro atoms. The van der Waals surface area contributed by atoms with Gasteiger partial charge in [0.05, 0.1) is 11.7 Å². The SMILES string of the molecule is Cc1nn(C)c(C)c1OCC(=O)N1CCCCC[C@@H]1c1cccn1C. The first-order valence-electron chi connectivity index (χ1n) is 9.02. The van der Waals surface area contributed by atoms with Crippen LogP contribution in [0.2, 0.25) is 0 Å². The minimum Gasteiger partial charge on any atom is -0.480 e. The minimum atomic E-state index is 0.0516. The lowest BCUT2D eigenvalue weighted by molar-refractivity contribution is -0.136. The number of likely N-dealkylation sites (tertiary alicyclic amines) is 1. The van der Waals surface area contributed by atoms with Crippen LogP contribution >= 0.6 is 0 Å². The van der Waals surface area contributed by atoms with Crippen LogP contribution in [0.25, 0.3) is 0 Å². The monoisotopic (exact) mass is 344 g/mol. The zero-order chi connectivity index (χ0) is 18.0. The van der Waals surface area contributed by atoms with Gasteiger partial charge in [0.25, 0.3) is 5.91 Å². The van der Waals surface area contributed by atoms with Crippen molar-refractivity contribution in [2.75, 3.05) is 13.2 Å². The van der Waals surface area contributed by atoms with E-state index < -0.39 is 0 Å². The summed E-state index contributed by atoms with van der Waals surface area (Å²) < 4.78 is 9.76. The van der Waals surface area contributed by atoms with Crippen molar-refractivity contribution in [2.24, 2.45) is 14.1 Å². The molecule has 1 saturated heterocycles. The first-order valence-corrected chi connectivity index (χ1v) is 9.02. The lowest BCUT2D eigenvalue weighted by atomic mass is 10.1. The van der Waals surface area contributed by atoms with Crippen LogP contribution in [0.5, 0.6) is 5.75 Å². The van der Waals surface area contributed by atoms with Crippen molar-refractivity contribution in [1.82, 2.24) is 19.2 Å². The fourth-order valence-electron chi connectivity index (χ4n) is 3.71. The Hall–Kier alpha value is -2.24. The Kier molecular flexibility index (Phi) is 5.16. The molecule has 25 heavy (non-hydrogen) atoms. The van der Waals surface area contributed by atoms with Crippen molar-refractivity contribution in [3.63, 3.8) is 0 Å². The minimum absolute atomic E-state index is 0.0516. The van der Waals surface area contributed by atoms with Gasteiger partial charge in [-0.1, -0.05) is 12.8 Å². The largest absolute Gasteiger partial charge is 0.480 e. The molecule has 0 N–H and O–H groups in total. The third-order valence-corrected chi connectivity index (χ3v) is 5.18. The highest BCUT2D eigenvalue weighted by molar-refractivity contribution is 5.78. The zero-order valence-corrected chi connectivity index (χ0v) is 15.7. The van der Waals surface area contributed by atoms with E-state index in [1.807, 2.05) is 45.1 Å². The second kappa shape index (κ2) is 7.33. The number of amides is 1. The standard InChI is InChI=1S/C19H28N4O2/c1-14-19(15(2)22(4)20-14)25-13-18(24)23-12-7-5-6-9-17(23)16-10-8-11-21(16)3/h8,10-11,17H,5-7,9,12-13H2,1-4H3/t17-/m1/s1. The maximum atomic E-state index is 12.9. The number of ether oxygens (including phenoxy) is 1. The second-order valence-electron chi connectivity index (χ2n) is 6.91. The van der Waals surface area contributed by atoms with Gasteiger partial charge in [-0.05, 0) is 38.8 Å². The summed E-state index contributed by atoms with van der Waals surface area (Å²) in [6.07, 6.45) is 6.43. The average Bonchev–Trinajstić information content (AvgIpc) is 2.99. The van der Waals surface area contributed by atoms with Crippen LogP contribution in [-0.2, 0) is 18.9 Å². The molecule has 0 saturated carbocycles. The maximum absolute atomic E-state index is 12.9. The van der Waals surface area contributed by atoms with Crippen LogP contribution in [0.3, 0.4) is 0 Å². The van der Waals surface area contributed by atoms with Gasteiger partial charge < -0.3 is 14.2 Å². The number of aryl methyl sites for hydroxylation is 3. The van der Waals surface area contributed by atoms with Gasteiger partial charge in [0.15, 0.2) is 12.4 Å². The van der Waals surface area contributed by atoms with E-state index in [-0.39, 0.29) is 18.6 Å². The molecular weight excluding hydrogens is 316 g/mol. The molecule has 2 aromatic heterocycles. The topological polar surface area (TPSA) is 52.3 Å². The third kappa shape index (κ3) is 3.57. The molecule has 0 bridgehead atoms. The normalized spacial score (nSPS) is 18.2. The van der Waals surface area contributed by atoms with E-state index in [4.69, 9.17) is 4.74 Å². The smallest absolute Gasteiger partial charge is 0.261 e. The number of carbonyl (C=O) groups excluding carboxylic acids is 1. The zero-order valence-electron chi connectivity index (χ0n) is 15.7. The summed E-state index contributed by atoms with van der Waals surface area (Å²) in [4.78, 5) is 14.9. The average molecular weight is 344 g/mol. The summed E-state index contributed by atoms with van der Waals surface area (Å²) in [5.41, 5.74) is 2.96. The Balaban J connectivity index is 1.75. The summed E-state index contributed by atoms with van der Waals surface area (Å²) in [6, 6.07) is 4.29. The van der Waals surface area contributed by atoms with Crippen LogP contribution < -0.4 is 4.74 Å². The first kappa shape index (κ1) is 17.6. The van der Waals surface area contributed by atoms with E-state index in [2.05, 4.69) is 15.7 Å². The van der Waals surface area contributed by atoms with E-state index in [9.17, 15) is 4.79 Å². The molecule has 0 unspecified atom stereocenters.